The summed E-state index contributed by atoms with van der Waals surface area (Å²) in [5, 5.41) is 13.7. The molecule has 2 saturated heterocycles. The lowest BCUT2D eigenvalue weighted by molar-refractivity contribution is 0.122. The van der Waals surface area contributed by atoms with Crippen LogP contribution >= 0.6 is 0 Å². The van der Waals surface area contributed by atoms with Crippen LogP contribution in [0.4, 0.5) is 58.4 Å². The third kappa shape index (κ3) is 8.86. The van der Waals surface area contributed by atoms with Gasteiger partial charge in [0, 0.05) is 43.1 Å². The Hall–Kier alpha value is -6.64. The molecule has 14 heteroatoms. The van der Waals surface area contributed by atoms with Crippen LogP contribution in [-0.2, 0) is 9.47 Å². The maximum absolute atomic E-state index is 5.62. The molecule has 0 radical (unpaired) electrons. The normalized spacial score (nSPS) is 14.5. The molecule has 4 heterocycles. The Morgan fingerprint density at radius 3 is 1.43 bits per heavy atom. The van der Waals surface area contributed by atoms with Crippen LogP contribution in [0.2, 0.25) is 0 Å². The highest BCUT2D eigenvalue weighted by atomic mass is 16.5. The van der Waals surface area contributed by atoms with Crippen LogP contribution in [0, 0.1) is 0 Å². The number of morpholine rings is 2. The van der Waals surface area contributed by atoms with Crippen molar-refractivity contribution < 1.29 is 9.47 Å². The number of nitrogens with zero attached hydrogens (tertiary/aromatic N) is 8. The fourth-order valence-electron chi connectivity index (χ4n) is 6.00. The minimum absolute atomic E-state index is 0.365. The first-order valence-electron chi connectivity index (χ1n) is 17.9. The van der Waals surface area contributed by atoms with Crippen molar-refractivity contribution in [1.82, 2.24) is 29.9 Å². The molecule has 4 aromatic carbocycles. The summed E-state index contributed by atoms with van der Waals surface area (Å²) < 4.78 is 11.2. The van der Waals surface area contributed by atoms with Crippen LogP contribution in [-0.4, -0.2) is 82.5 Å². The molecular formula is C40H40N12O2. The minimum atomic E-state index is 0.365. The van der Waals surface area contributed by atoms with E-state index < -0.39 is 0 Å². The van der Waals surface area contributed by atoms with E-state index in [2.05, 4.69) is 55.4 Å². The number of rotatable bonds is 12. The summed E-state index contributed by atoms with van der Waals surface area (Å²) in [6.45, 7) is 5.06. The summed E-state index contributed by atoms with van der Waals surface area (Å²) in [4.78, 5) is 33.2. The quantitative estimate of drug-likeness (QED) is 0.0973. The average molecular weight is 721 g/mol. The maximum Gasteiger partial charge on any atom is 0.233 e. The third-order valence-electron chi connectivity index (χ3n) is 8.73. The Labute approximate surface area is 313 Å². The predicted octanol–water partition coefficient (Wildman–Crippen LogP) is 6.87. The highest BCUT2D eigenvalue weighted by Gasteiger charge is 2.20. The van der Waals surface area contributed by atoms with Gasteiger partial charge in [0.1, 0.15) is 0 Å². The third-order valence-corrected chi connectivity index (χ3v) is 8.73. The number of anilines is 10. The first-order chi connectivity index (χ1) is 26.7. The summed E-state index contributed by atoms with van der Waals surface area (Å²) in [5.74, 6) is 2.66. The topological polar surface area (TPSA) is 150 Å². The van der Waals surface area contributed by atoms with Gasteiger partial charge in [-0.3, -0.25) is 0 Å². The number of benzene rings is 4. The standard InChI is InChI=1S/C40H40N12O2/c1-4-11-29(12-5-1)19-20-30-13-10-18-33(43-37-45-35(41-31-14-6-2-7-15-31)47-39(49-37)51-21-25-53-26-22-51)34(30)44-38-46-36(42-32-16-8-3-9-17-32)48-40(50-38)52-23-27-54-28-24-52/h1-20H,21-28H2,(H2,41,43,45,47,49)(H2,42,44,46,48,50). The lowest BCUT2D eigenvalue weighted by atomic mass is 10.1. The zero-order valence-electron chi connectivity index (χ0n) is 29.6. The molecule has 6 aromatic rings. The molecule has 0 atom stereocenters. The maximum atomic E-state index is 5.62. The number of para-hydroxylation sites is 3. The van der Waals surface area contributed by atoms with E-state index in [9.17, 15) is 0 Å². The molecule has 0 aliphatic carbocycles. The lowest BCUT2D eigenvalue weighted by Crippen LogP contribution is -2.37. The molecule has 2 aliphatic heterocycles. The minimum Gasteiger partial charge on any atom is -0.378 e. The van der Waals surface area contributed by atoms with E-state index in [1.54, 1.807) is 0 Å². The molecule has 0 saturated carbocycles. The first kappa shape index (κ1) is 34.4. The van der Waals surface area contributed by atoms with E-state index in [4.69, 9.17) is 39.4 Å². The number of hydrogen-bond acceptors (Lipinski definition) is 14. The number of nitrogens with one attached hydrogen (secondary N) is 4. The molecule has 2 aromatic heterocycles. The van der Waals surface area contributed by atoms with E-state index in [0.29, 0.717) is 94.0 Å². The second-order valence-corrected chi connectivity index (χ2v) is 12.5. The fraction of sp³-hybridized carbons (Fsp3) is 0.200. The monoisotopic (exact) mass is 720 g/mol. The van der Waals surface area contributed by atoms with Gasteiger partial charge in [0.2, 0.25) is 35.7 Å². The van der Waals surface area contributed by atoms with Gasteiger partial charge in [0.25, 0.3) is 0 Å². The molecule has 0 spiro atoms. The van der Waals surface area contributed by atoms with E-state index in [1.807, 2.05) is 97.1 Å². The lowest BCUT2D eigenvalue weighted by Gasteiger charge is -2.27. The van der Waals surface area contributed by atoms with E-state index in [-0.39, 0.29) is 0 Å². The van der Waals surface area contributed by atoms with Crippen molar-refractivity contribution in [3.05, 3.63) is 120 Å². The second-order valence-electron chi connectivity index (χ2n) is 12.5. The van der Waals surface area contributed by atoms with Gasteiger partial charge in [-0.25, -0.2) is 0 Å². The zero-order valence-corrected chi connectivity index (χ0v) is 29.6. The first-order valence-corrected chi connectivity index (χ1v) is 17.9. The van der Waals surface area contributed by atoms with Crippen molar-refractivity contribution in [3.63, 3.8) is 0 Å². The molecule has 0 amide bonds. The van der Waals surface area contributed by atoms with Crippen LogP contribution in [0.25, 0.3) is 12.2 Å². The number of ether oxygens (including phenoxy) is 2. The largest absolute Gasteiger partial charge is 0.378 e. The van der Waals surface area contributed by atoms with Gasteiger partial charge in [-0.2, -0.15) is 29.9 Å². The van der Waals surface area contributed by atoms with Crippen LogP contribution in [0.1, 0.15) is 11.1 Å². The van der Waals surface area contributed by atoms with Gasteiger partial charge in [-0.1, -0.05) is 91.0 Å². The summed E-state index contributed by atoms with van der Waals surface area (Å²) in [5.41, 5.74) is 5.11. The van der Waals surface area contributed by atoms with Crippen LogP contribution < -0.4 is 31.1 Å². The van der Waals surface area contributed by atoms with Gasteiger partial charge in [-0.05, 0) is 35.9 Å². The van der Waals surface area contributed by atoms with Crippen molar-refractivity contribution in [2.75, 3.05) is 83.7 Å². The van der Waals surface area contributed by atoms with Gasteiger partial charge >= 0.3 is 0 Å². The molecule has 8 rings (SSSR count). The Kier molecular flexibility index (Phi) is 10.7. The predicted molar refractivity (Wildman–Crippen MR) is 214 cm³/mol. The molecule has 2 aliphatic rings. The van der Waals surface area contributed by atoms with Crippen LogP contribution in [0.15, 0.2) is 109 Å². The highest BCUT2D eigenvalue weighted by Crippen LogP contribution is 2.33. The second kappa shape index (κ2) is 16.8. The Morgan fingerprint density at radius 1 is 0.444 bits per heavy atom. The van der Waals surface area contributed by atoms with Crippen molar-refractivity contribution in [1.29, 1.82) is 0 Å². The Balaban J connectivity index is 1.19. The van der Waals surface area contributed by atoms with Gasteiger partial charge in [0.15, 0.2) is 0 Å². The molecule has 4 N–H and O–H groups in total. The van der Waals surface area contributed by atoms with Gasteiger partial charge in [0.05, 0.1) is 37.8 Å². The highest BCUT2D eigenvalue weighted by molar-refractivity contribution is 5.87. The molecule has 0 unspecified atom stereocenters. The van der Waals surface area contributed by atoms with Crippen molar-refractivity contribution in [2.45, 2.75) is 0 Å². The average Bonchev–Trinajstić information content (AvgIpc) is 3.22. The fourth-order valence-corrected chi connectivity index (χ4v) is 6.00. The van der Waals surface area contributed by atoms with E-state index in [0.717, 1.165) is 28.2 Å². The number of hydrogen-bond donors (Lipinski definition) is 4. The summed E-state index contributed by atoms with van der Waals surface area (Å²) >= 11 is 0. The summed E-state index contributed by atoms with van der Waals surface area (Å²) in [6, 6.07) is 35.8. The van der Waals surface area contributed by atoms with Gasteiger partial charge < -0.3 is 40.5 Å². The summed E-state index contributed by atoms with van der Waals surface area (Å²) in [6.07, 6.45) is 4.13. The smallest absolute Gasteiger partial charge is 0.233 e. The molecule has 0 bridgehead atoms. The summed E-state index contributed by atoms with van der Waals surface area (Å²) in [7, 11) is 0. The molecular weight excluding hydrogens is 681 g/mol. The molecule has 54 heavy (non-hydrogen) atoms. The van der Waals surface area contributed by atoms with E-state index in [1.165, 1.54) is 0 Å². The van der Waals surface area contributed by atoms with Crippen molar-refractivity contribution in [3.8, 4) is 0 Å². The molecule has 2 fully saturated rings. The van der Waals surface area contributed by atoms with Crippen LogP contribution in [0.3, 0.4) is 0 Å². The molecule has 14 nitrogen and oxygen atoms in total. The van der Waals surface area contributed by atoms with Crippen molar-refractivity contribution in [2.24, 2.45) is 0 Å². The van der Waals surface area contributed by atoms with Crippen molar-refractivity contribution >= 4 is 70.6 Å². The zero-order chi connectivity index (χ0) is 36.4. The van der Waals surface area contributed by atoms with E-state index >= 15 is 0 Å². The molecule has 272 valence electrons. The SMILES string of the molecule is C(=Cc1cccc(Nc2nc(Nc3ccccc3)nc(N3CCOCC3)n2)c1Nc1nc(Nc2ccccc2)nc(N2CCOCC2)n1)c1ccccc1. The van der Waals surface area contributed by atoms with Crippen LogP contribution in [0.5, 0.6) is 0 Å². The number of aromatic nitrogens is 6. The Morgan fingerprint density at radius 2 is 0.907 bits per heavy atom. The Bertz CT molecular complexity index is 2160. The van der Waals surface area contributed by atoms with Gasteiger partial charge in [-0.15, -0.1) is 0 Å².